The predicted octanol–water partition coefficient (Wildman–Crippen LogP) is 4.88. The second kappa shape index (κ2) is 6.95. The molecule has 3 rings (SSSR count). The molecule has 0 saturated carbocycles. The number of hydrogen-bond acceptors (Lipinski definition) is 5. The van der Waals surface area contributed by atoms with Gasteiger partial charge in [-0.15, -0.1) is 0 Å². The van der Waals surface area contributed by atoms with Gasteiger partial charge < -0.3 is 16.0 Å². The van der Waals surface area contributed by atoms with Gasteiger partial charge in [0, 0.05) is 29.0 Å². The van der Waals surface area contributed by atoms with Gasteiger partial charge in [0.25, 0.3) is 0 Å². The number of nitrogens with two attached hydrogens (primary N) is 1. The van der Waals surface area contributed by atoms with Crippen LogP contribution in [0.25, 0.3) is 0 Å². The highest BCUT2D eigenvalue weighted by molar-refractivity contribution is 6.35. The zero-order valence-corrected chi connectivity index (χ0v) is 14.4. The van der Waals surface area contributed by atoms with Crippen LogP contribution in [-0.4, -0.2) is 17.0 Å². The van der Waals surface area contributed by atoms with E-state index < -0.39 is 0 Å². The van der Waals surface area contributed by atoms with E-state index in [0.29, 0.717) is 27.5 Å². The number of benzene rings is 2. The molecule has 0 aliphatic carbocycles. The van der Waals surface area contributed by atoms with Crippen molar-refractivity contribution in [1.29, 1.82) is 0 Å². The summed E-state index contributed by atoms with van der Waals surface area (Å²) < 4.78 is 0. The number of nitrogen functional groups attached to an aromatic ring is 1. The first-order valence-electron chi connectivity index (χ1n) is 7.17. The Morgan fingerprint density at radius 1 is 1.04 bits per heavy atom. The van der Waals surface area contributed by atoms with E-state index in [2.05, 4.69) is 15.3 Å². The highest BCUT2D eigenvalue weighted by Gasteiger charge is 2.09. The molecule has 0 amide bonds. The normalized spacial score (nSPS) is 10.5. The van der Waals surface area contributed by atoms with E-state index >= 15 is 0 Å². The third-order valence-electron chi connectivity index (χ3n) is 3.43. The molecule has 1 heterocycles. The van der Waals surface area contributed by atoms with Gasteiger partial charge in [0.1, 0.15) is 5.82 Å². The summed E-state index contributed by atoms with van der Waals surface area (Å²) in [7, 11) is 1.88. The number of aromatic nitrogens is 2. The number of halogens is 2. The van der Waals surface area contributed by atoms with Crippen LogP contribution in [0.15, 0.2) is 54.7 Å². The molecule has 0 radical (unpaired) electrons. The lowest BCUT2D eigenvalue weighted by molar-refractivity contribution is 1.08. The molecule has 0 atom stereocenters. The highest BCUT2D eigenvalue weighted by atomic mass is 35.5. The SMILES string of the molecule is CN(c1cc(Cl)cc(Cl)c1)c1ccnc(Nc2ccccc2N)n1. The average molecular weight is 360 g/mol. The zero-order chi connectivity index (χ0) is 17.1. The quantitative estimate of drug-likeness (QED) is 0.650. The van der Waals surface area contributed by atoms with Gasteiger partial charge in [-0.2, -0.15) is 4.98 Å². The molecule has 0 spiro atoms. The first-order valence-corrected chi connectivity index (χ1v) is 7.93. The van der Waals surface area contributed by atoms with Gasteiger partial charge in [-0.05, 0) is 36.4 Å². The Balaban J connectivity index is 1.88. The van der Waals surface area contributed by atoms with Crippen LogP contribution in [0.2, 0.25) is 10.0 Å². The molecular weight excluding hydrogens is 345 g/mol. The van der Waals surface area contributed by atoms with Crippen LogP contribution >= 0.6 is 23.2 Å². The summed E-state index contributed by atoms with van der Waals surface area (Å²) in [5, 5.41) is 4.24. The minimum atomic E-state index is 0.449. The van der Waals surface area contributed by atoms with Gasteiger partial charge in [-0.1, -0.05) is 35.3 Å². The molecule has 122 valence electrons. The Morgan fingerprint density at radius 2 is 1.75 bits per heavy atom. The Morgan fingerprint density at radius 3 is 2.46 bits per heavy atom. The van der Waals surface area contributed by atoms with Crippen molar-refractivity contribution in [2.24, 2.45) is 0 Å². The summed E-state index contributed by atoms with van der Waals surface area (Å²) in [6.07, 6.45) is 1.67. The summed E-state index contributed by atoms with van der Waals surface area (Å²) in [6, 6.07) is 14.6. The van der Waals surface area contributed by atoms with Gasteiger partial charge in [0.2, 0.25) is 5.95 Å². The van der Waals surface area contributed by atoms with Crippen molar-refractivity contribution in [2.45, 2.75) is 0 Å². The molecule has 1 aromatic heterocycles. The first kappa shape index (κ1) is 16.4. The molecule has 0 aliphatic heterocycles. The lowest BCUT2D eigenvalue weighted by atomic mass is 10.3. The largest absolute Gasteiger partial charge is 0.397 e. The summed E-state index contributed by atoms with van der Waals surface area (Å²) >= 11 is 12.1. The fraction of sp³-hybridized carbons (Fsp3) is 0.0588. The molecule has 0 aliphatic rings. The maximum Gasteiger partial charge on any atom is 0.229 e. The Kier molecular flexibility index (Phi) is 4.74. The molecule has 0 bridgehead atoms. The fourth-order valence-corrected chi connectivity index (χ4v) is 2.71. The molecule has 2 aromatic carbocycles. The Bertz CT molecular complexity index is 849. The number of hydrogen-bond donors (Lipinski definition) is 2. The van der Waals surface area contributed by atoms with E-state index in [-0.39, 0.29) is 0 Å². The van der Waals surface area contributed by atoms with Crippen molar-refractivity contribution in [3.05, 3.63) is 64.8 Å². The van der Waals surface area contributed by atoms with Gasteiger partial charge >= 0.3 is 0 Å². The fourth-order valence-electron chi connectivity index (χ4n) is 2.19. The third kappa shape index (κ3) is 3.69. The van der Waals surface area contributed by atoms with E-state index in [0.717, 1.165) is 11.4 Å². The molecule has 7 heteroatoms. The molecule has 0 unspecified atom stereocenters. The second-order valence-corrected chi connectivity index (χ2v) is 6.01. The van der Waals surface area contributed by atoms with Crippen LogP contribution in [0, 0.1) is 0 Å². The topological polar surface area (TPSA) is 67.1 Å². The van der Waals surface area contributed by atoms with Crippen LogP contribution in [0.5, 0.6) is 0 Å². The number of nitrogens with zero attached hydrogens (tertiary/aromatic N) is 3. The highest BCUT2D eigenvalue weighted by Crippen LogP contribution is 2.29. The van der Waals surface area contributed by atoms with Gasteiger partial charge in [0.05, 0.1) is 11.4 Å². The molecule has 0 saturated heterocycles. The third-order valence-corrected chi connectivity index (χ3v) is 3.86. The Labute approximate surface area is 150 Å². The minimum Gasteiger partial charge on any atom is -0.397 e. The lowest BCUT2D eigenvalue weighted by Gasteiger charge is -2.19. The lowest BCUT2D eigenvalue weighted by Crippen LogP contribution is -2.12. The van der Waals surface area contributed by atoms with E-state index in [1.165, 1.54) is 0 Å². The average Bonchev–Trinajstić information content (AvgIpc) is 2.56. The standard InChI is InChI=1S/C17H15Cl2N5/c1-24(13-9-11(18)8-12(19)10-13)16-6-7-21-17(23-16)22-15-5-3-2-4-14(15)20/h2-10H,20H2,1H3,(H,21,22,23). The van der Waals surface area contributed by atoms with Gasteiger partial charge in [0.15, 0.2) is 0 Å². The second-order valence-electron chi connectivity index (χ2n) is 5.14. The van der Waals surface area contributed by atoms with Crippen LogP contribution in [-0.2, 0) is 0 Å². The van der Waals surface area contributed by atoms with Crippen molar-refractivity contribution >= 4 is 52.0 Å². The first-order chi connectivity index (χ1) is 11.5. The van der Waals surface area contributed by atoms with E-state index in [4.69, 9.17) is 28.9 Å². The molecule has 3 N–H and O–H groups in total. The van der Waals surface area contributed by atoms with Crippen LogP contribution in [0.3, 0.4) is 0 Å². The van der Waals surface area contributed by atoms with E-state index in [1.54, 1.807) is 18.3 Å². The zero-order valence-electron chi connectivity index (χ0n) is 12.9. The van der Waals surface area contributed by atoms with Crippen LogP contribution in [0.4, 0.5) is 28.8 Å². The van der Waals surface area contributed by atoms with Crippen LogP contribution in [0.1, 0.15) is 0 Å². The summed E-state index contributed by atoms with van der Waals surface area (Å²) in [5.74, 6) is 1.14. The number of nitrogens with one attached hydrogen (secondary N) is 1. The van der Waals surface area contributed by atoms with Gasteiger partial charge in [-0.3, -0.25) is 0 Å². The van der Waals surface area contributed by atoms with E-state index in [1.807, 2.05) is 48.3 Å². The molecule has 3 aromatic rings. The molecule has 24 heavy (non-hydrogen) atoms. The maximum atomic E-state index is 6.07. The summed E-state index contributed by atoms with van der Waals surface area (Å²) in [6.45, 7) is 0. The van der Waals surface area contributed by atoms with Crippen molar-refractivity contribution in [3.8, 4) is 0 Å². The van der Waals surface area contributed by atoms with Crippen LogP contribution < -0.4 is 16.0 Å². The molecule has 5 nitrogen and oxygen atoms in total. The molecule has 0 fully saturated rings. The van der Waals surface area contributed by atoms with Crippen molar-refractivity contribution in [1.82, 2.24) is 9.97 Å². The summed E-state index contributed by atoms with van der Waals surface area (Å²) in [4.78, 5) is 10.6. The van der Waals surface area contributed by atoms with Crippen molar-refractivity contribution < 1.29 is 0 Å². The molecular formula is C17H15Cl2N5. The summed E-state index contributed by atoms with van der Waals surface area (Å²) in [5.41, 5.74) is 8.14. The Hall–Kier alpha value is -2.50. The van der Waals surface area contributed by atoms with E-state index in [9.17, 15) is 0 Å². The smallest absolute Gasteiger partial charge is 0.229 e. The minimum absolute atomic E-state index is 0.449. The number of rotatable bonds is 4. The van der Waals surface area contributed by atoms with Crippen molar-refractivity contribution in [3.63, 3.8) is 0 Å². The number of anilines is 5. The van der Waals surface area contributed by atoms with Gasteiger partial charge in [-0.25, -0.2) is 4.98 Å². The maximum absolute atomic E-state index is 6.07. The van der Waals surface area contributed by atoms with Crippen molar-refractivity contribution in [2.75, 3.05) is 23.0 Å². The number of para-hydroxylation sites is 2. The monoisotopic (exact) mass is 359 g/mol. The predicted molar refractivity (Wildman–Crippen MR) is 101 cm³/mol.